The first kappa shape index (κ1) is 8.02. The molecular formula is C10H13NSi. The van der Waals surface area contributed by atoms with Gasteiger partial charge in [-0.05, 0) is 24.6 Å². The first-order valence-corrected chi connectivity index (χ1v) is 5.63. The summed E-state index contributed by atoms with van der Waals surface area (Å²) >= 11 is 0. The van der Waals surface area contributed by atoms with Crippen LogP contribution in [0.3, 0.4) is 0 Å². The Morgan fingerprint density at radius 1 is 1.25 bits per heavy atom. The Bertz CT molecular complexity index is 229. The van der Waals surface area contributed by atoms with Crippen LogP contribution in [-0.4, -0.2) is 20.8 Å². The Hall–Kier alpha value is -0.603. The van der Waals surface area contributed by atoms with E-state index in [4.69, 9.17) is 0 Å². The summed E-state index contributed by atoms with van der Waals surface area (Å²) in [7, 11) is 1.06. The van der Waals surface area contributed by atoms with Crippen molar-refractivity contribution < 1.29 is 0 Å². The van der Waals surface area contributed by atoms with Gasteiger partial charge in [-0.15, -0.1) is 0 Å². The summed E-state index contributed by atoms with van der Waals surface area (Å²) in [6.45, 7) is 2.45. The molecule has 1 fully saturated rings. The molecule has 1 aromatic carbocycles. The molecule has 2 rings (SSSR count). The molecule has 0 aromatic heterocycles. The van der Waals surface area contributed by atoms with Gasteiger partial charge in [0, 0.05) is 6.54 Å². The molecule has 0 N–H and O–H groups in total. The Balaban J connectivity index is 1.94. The molecule has 1 aliphatic heterocycles. The fourth-order valence-electron chi connectivity index (χ4n) is 1.52. The standard InChI is InChI=1S/C10H13NSi/c1-2-5-10(6-3-1)9-11-7-4-8-12-11/h1-3,5-6H,4,7-9H2. The molecule has 0 unspecified atom stereocenters. The third-order valence-corrected chi connectivity index (χ3v) is 3.56. The van der Waals surface area contributed by atoms with Crippen molar-refractivity contribution in [2.24, 2.45) is 0 Å². The SMILES string of the molecule is c1ccc(CN2CCC[Si]2)cc1. The van der Waals surface area contributed by atoms with Gasteiger partial charge in [0.25, 0.3) is 0 Å². The molecule has 1 heterocycles. The van der Waals surface area contributed by atoms with E-state index < -0.39 is 0 Å². The van der Waals surface area contributed by atoms with Crippen LogP contribution in [0.1, 0.15) is 12.0 Å². The molecule has 0 aliphatic carbocycles. The summed E-state index contributed by atoms with van der Waals surface area (Å²) < 4.78 is 2.55. The summed E-state index contributed by atoms with van der Waals surface area (Å²) in [4.78, 5) is 0. The third-order valence-electron chi connectivity index (χ3n) is 2.16. The summed E-state index contributed by atoms with van der Waals surface area (Å²) in [5.74, 6) is 0. The van der Waals surface area contributed by atoms with E-state index in [-0.39, 0.29) is 0 Å². The Labute approximate surface area is 76.3 Å². The van der Waals surface area contributed by atoms with Gasteiger partial charge in [-0.2, -0.15) is 0 Å². The van der Waals surface area contributed by atoms with Crippen LogP contribution in [0, 0.1) is 0 Å². The van der Waals surface area contributed by atoms with Crippen LogP contribution in [-0.2, 0) is 6.54 Å². The minimum Gasteiger partial charge on any atom is -0.321 e. The monoisotopic (exact) mass is 175 g/mol. The maximum atomic E-state index is 2.55. The fraction of sp³-hybridized carbons (Fsp3) is 0.400. The highest BCUT2D eigenvalue weighted by molar-refractivity contribution is 6.32. The lowest BCUT2D eigenvalue weighted by molar-refractivity contribution is 0.471. The molecule has 62 valence electrons. The predicted molar refractivity (Wildman–Crippen MR) is 52.0 cm³/mol. The molecule has 1 aromatic rings. The van der Waals surface area contributed by atoms with Gasteiger partial charge in [-0.3, -0.25) is 0 Å². The second-order valence-electron chi connectivity index (χ2n) is 3.17. The summed E-state index contributed by atoms with van der Waals surface area (Å²) in [5, 5.41) is 0. The zero-order valence-corrected chi connectivity index (χ0v) is 8.16. The molecule has 2 heteroatoms. The van der Waals surface area contributed by atoms with Crippen molar-refractivity contribution >= 4 is 9.68 Å². The molecule has 0 spiro atoms. The minimum absolute atomic E-state index is 1.06. The van der Waals surface area contributed by atoms with Crippen LogP contribution < -0.4 is 0 Å². The number of hydrogen-bond donors (Lipinski definition) is 0. The van der Waals surface area contributed by atoms with Gasteiger partial charge in [-0.25, -0.2) is 0 Å². The van der Waals surface area contributed by atoms with Crippen molar-refractivity contribution in [2.75, 3.05) is 6.54 Å². The molecule has 0 atom stereocenters. The lowest BCUT2D eigenvalue weighted by Gasteiger charge is -2.13. The van der Waals surface area contributed by atoms with Gasteiger partial charge < -0.3 is 4.57 Å². The van der Waals surface area contributed by atoms with E-state index in [1.807, 2.05) is 0 Å². The molecule has 1 saturated heterocycles. The molecule has 0 bridgehead atoms. The van der Waals surface area contributed by atoms with E-state index in [0.717, 1.165) is 16.2 Å². The smallest absolute Gasteiger partial charge is 0.142 e. The maximum absolute atomic E-state index is 2.55. The van der Waals surface area contributed by atoms with Crippen molar-refractivity contribution in [3.8, 4) is 0 Å². The maximum Gasteiger partial charge on any atom is 0.142 e. The van der Waals surface area contributed by atoms with Crippen molar-refractivity contribution in [1.82, 2.24) is 4.57 Å². The Morgan fingerprint density at radius 3 is 2.75 bits per heavy atom. The summed E-state index contributed by atoms with van der Waals surface area (Å²) in [5.41, 5.74) is 1.45. The average Bonchev–Trinajstić information content (AvgIpc) is 2.59. The van der Waals surface area contributed by atoms with Gasteiger partial charge in [-0.1, -0.05) is 30.3 Å². The van der Waals surface area contributed by atoms with Crippen LogP contribution in [0.2, 0.25) is 6.04 Å². The van der Waals surface area contributed by atoms with Crippen molar-refractivity contribution in [3.05, 3.63) is 35.9 Å². The largest absolute Gasteiger partial charge is 0.321 e. The minimum atomic E-state index is 1.06. The zero-order valence-electron chi connectivity index (χ0n) is 7.16. The van der Waals surface area contributed by atoms with Crippen LogP contribution in [0.25, 0.3) is 0 Å². The number of benzene rings is 1. The number of nitrogens with zero attached hydrogens (tertiary/aromatic N) is 1. The van der Waals surface area contributed by atoms with Crippen LogP contribution in [0.4, 0.5) is 0 Å². The van der Waals surface area contributed by atoms with Gasteiger partial charge in [0.05, 0.1) is 0 Å². The molecule has 0 saturated carbocycles. The normalized spacial score (nSPS) is 18.3. The molecular weight excluding hydrogens is 162 g/mol. The van der Waals surface area contributed by atoms with Crippen molar-refractivity contribution in [3.63, 3.8) is 0 Å². The number of rotatable bonds is 2. The molecule has 2 radical (unpaired) electrons. The first-order valence-electron chi connectivity index (χ1n) is 4.47. The highest BCUT2D eigenvalue weighted by Crippen LogP contribution is 2.10. The zero-order chi connectivity index (χ0) is 8.23. The fourth-order valence-corrected chi connectivity index (χ4v) is 2.77. The summed E-state index contributed by atoms with van der Waals surface area (Å²) in [6.07, 6.45) is 1.39. The first-order chi connectivity index (χ1) is 5.95. The highest BCUT2D eigenvalue weighted by atomic mass is 28.2. The molecule has 0 amide bonds. The second-order valence-corrected chi connectivity index (χ2v) is 4.62. The molecule has 1 aliphatic rings. The van der Waals surface area contributed by atoms with E-state index in [1.165, 1.54) is 24.6 Å². The van der Waals surface area contributed by atoms with E-state index >= 15 is 0 Å². The van der Waals surface area contributed by atoms with Gasteiger partial charge in [0.1, 0.15) is 9.68 Å². The van der Waals surface area contributed by atoms with Crippen LogP contribution in [0.5, 0.6) is 0 Å². The second kappa shape index (κ2) is 3.87. The average molecular weight is 175 g/mol. The van der Waals surface area contributed by atoms with Crippen molar-refractivity contribution in [2.45, 2.75) is 19.0 Å². The van der Waals surface area contributed by atoms with Gasteiger partial charge >= 0.3 is 0 Å². The Morgan fingerprint density at radius 2 is 2.08 bits per heavy atom. The highest BCUT2D eigenvalue weighted by Gasteiger charge is 2.12. The predicted octanol–water partition coefficient (Wildman–Crippen LogP) is 1.93. The quantitative estimate of drug-likeness (QED) is 0.621. The third kappa shape index (κ3) is 1.96. The van der Waals surface area contributed by atoms with E-state index in [9.17, 15) is 0 Å². The molecule has 1 nitrogen and oxygen atoms in total. The van der Waals surface area contributed by atoms with Crippen LogP contribution >= 0.6 is 0 Å². The molecule has 12 heavy (non-hydrogen) atoms. The van der Waals surface area contributed by atoms with Gasteiger partial charge in [0.15, 0.2) is 0 Å². The lowest BCUT2D eigenvalue weighted by Crippen LogP contribution is -2.20. The topological polar surface area (TPSA) is 3.24 Å². The van der Waals surface area contributed by atoms with E-state index in [0.29, 0.717) is 0 Å². The van der Waals surface area contributed by atoms with Crippen molar-refractivity contribution in [1.29, 1.82) is 0 Å². The lowest BCUT2D eigenvalue weighted by atomic mass is 10.2. The Kier molecular flexibility index (Phi) is 2.59. The van der Waals surface area contributed by atoms with Crippen LogP contribution in [0.15, 0.2) is 30.3 Å². The number of hydrogen-bond acceptors (Lipinski definition) is 1. The van der Waals surface area contributed by atoms with E-state index in [2.05, 4.69) is 34.9 Å². The van der Waals surface area contributed by atoms with E-state index in [1.54, 1.807) is 0 Å². The summed E-state index contributed by atoms with van der Waals surface area (Å²) in [6, 6.07) is 12.2. The van der Waals surface area contributed by atoms with Gasteiger partial charge in [0.2, 0.25) is 0 Å².